The molecule has 1 saturated carbocycles. The lowest BCUT2D eigenvalue weighted by atomic mass is 9.94. The number of rotatable bonds is 4. The molecule has 0 amide bonds. The third kappa shape index (κ3) is 2.38. The summed E-state index contributed by atoms with van der Waals surface area (Å²) >= 11 is 5.98. The molecule has 0 radical (unpaired) electrons. The molecule has 1 aliphatic rings. The van der Waals surface area contributed by atoms with Gasteiger partial charge in [-0.2, -0.15) is 5.10 Å². The number of nitrogens with two attached hydrogens (primary N) is 1. The highest BCUT2D eigenvalue weighted by Gasteiger charge is 2.32. The van der Waals surface area contributed by atoms with E-state index in [0.29, 0.717) is 17.6 Å². The molecule has 5 heteroatoms. The normalized spacial score (nSPS) is 16.6. The van der Waals surface area contributed by atoms with Crippen LogP contribution >= 0.6 is 11.6 Å². The third-order valence-electron chi connectivity index (χ3n) is 3.68. The minimum atomic E-state index is 0.0722. The van der Waals surface area contributed by atoms with Crippen LogP contribution in [0.2, 0.25) is 5.15 Å². The summed E-state index contributed by atoms with van der Waals surface area (Å²) < 4.78 is 1.97. The zero-order chi connectivity index (χ0) is 13.4. The molecule has 2 N–H and O–H groups in total. The van der Waals surface area contributed by atoms with E-state index in [1.165, 1.54) is 24.1 Å². The standard InChI is InChI=1S/C14H17ClN4/c1-19-14(9-5-6-9)11(8-17-19)10(7-16)12-3-2-4-13(15)18-12/h2-4,8-10H,5-7,16H2,1H3. The Balaban J connectivity index is 2.03. The summed E-state index contributed by atoms with van der Waals surface area (Å²) in [5.74, 6) is 0.707. The first-order valence-electron chi connectivity index (χ1n) is 6.55. The van der Waals surface area contributed by atoms with Gasteiger partial charge in [-0.1, -0.05) is 17.7 Å². The molecule has 1 unspecified atom stereocenters. The second-order valence-electron chi connectivity index (χ2n) is 5.06. The highest BCUT2D eigenvalue weighted by Crippen LogP contribution is 2.43. The molecule has 2 heterocycles. The van der Waals surface area contributed by atoms with Crippen molar-refractivity contribution in [2.75, 3.05) is 6.54 Å². The Morgan fingerprint density at radius 2 is 2.26 bits per heavy atom. The van der Waals surface area contributed by atoms with Crippen LogP contribution < -0.4 is 5.73 Å². The molecular formula is C14H17ClN4. The molecule has 0 bridgehead atoms. The van der Waals surface area contributed by atoms with Crippen molar-refractivity contribution in [2.45, 2.75) is 24.7 Å². The monoisotopic (exact) mass is 276 g/mol. The van der Waals surface area contributed by atoms with Crippen molar-refractivity contribution in [1.82, 2.24) is 14.8 Å². The highest BCUT2D eigenvalue weighted by atomic mass is 35.5. The maximum atomic E-state index is 5.98. The van der Waals surface area contributed by atoms with E-state index < -0.39 is 0 Å². The Morgan fingerprint density at radius 3 is 2.89 bits per heavy atom. The first kappa shape index (κ1) is 12.6. The summed E-state index contributed by atoms with van der Waals surface area (Å²) in [4.78, 5) is 4.40. The summed E-state index contributed by atoms with van der Waals surface area (Å²) in [5.41, 5.74) is 9.39. The van der Waals surface area contributed by atoms with Crippen LogP contribution in [0.5, 0.6) is 0 Å². The molecule has 1 aliphatic carbocycles. The van der Waals surface area contributed by atoms with E-state index in [9.17, 15) is 0 Å². The second kappa shape index (κ2) is 4.94. The van der Waals surface area contributed by atoms with E-state index in [2.05, 4.69) is 10.1 Å². The summed E-state index contributed by atoms with van der Waals surface area (Å²) in [6.07, 6.45) is 4.41. The number of nitrogens with zero attached hydrogens (tertiary/aromatic N) is 3. The summed E-state index contributed by atoms with van der Waals surface area (Å²) in [7, 11) is 2.00. The summed E-state index contributed by atoms with van der Waals surface area (Å²) in [6.45, 7) is 0.513. The van der Waals surface area contributed by atoms with Crippen LogP contribution in [0.3, 0.4) is 0 Å². The topological polar surface area (TPSA) is 56.7 Å². The molecule has 3 rings (SSSR count). The van der Waals surface area contributed by atoms with Gasteiger partial charge in [0.15, 0.2) is 0 Å². The lowest BCUT2D eigenvalue weighted by Crippen LogP contribution is -2.16. The van der Waals surface area contributed by atoms with Crippen molar-refractivity contribution in [3.05, 3.63) is 46.5 Å². The largest absolute Gasteiger partial charge is 0.329 e. The molecule has 4 nitrogen and oxygen atoms in total. The zero-order valence-electron chi connectivity index (χ0n) is 10.9. The summed E-state index contributed by atoms with van der Waals surface area (Å²) in [5, 5.41) is 4.90. The maximum Gasteiger partial charge on any atom is 0.129 e. The van der Waals surface area contributed by atoms with Gasteiger partial charge >= 0.3 is 0 Å². The maximum absolute atomic E-state index is 5.98. The molecule has 100 valence electrons. The summed E-state index contributed by atoms with van der Waals surface area (Å²) in [6, 6.07) is 5.68. The van der Waals surface area contributed by atoms with Gasteiger partial charge in [0.1, 0.15) is 5.15 Å². The Kier molecular flexibility index (Phi) is 3.29. The molecule has 2 aromatic heterocycles. The number of hydrogen-bond donors (Lipinski definition) is 1. The predicted octanol–water partition coefficient (Wildman–Crippen LogP) is 2.44. The Hall–Kier alpha value is -1.39. The minimum Gasteiger partial charge on any atom is -0.329 e. The first-order valence-corrected chi connectivity index (χ1v) is 6.92. The van der Waals surface area contributed by atoms with Crippen LogP contribution in [0.4, 0.5) is 0 Å². The third-order valence-corrected chi connectivity index (χ3v) is 3.89. The SMILES string of the molecule is Cn1ncc(C(CN)c2cccc(Cl)n2)c1C1CC1. The zero-order valence-corrected chi connectivity index (χ0v) is 11.6. The lowest BCUT2D eigenvalue weighted by Gasteiger charge is -2.15. The Bertz CT molecular complexity index is 589. The van der Waals surface area contributed by atoms with Gasteiger partial charge in [-0.3, -0.25) is 4.68 Å². The smallest absolute Gasteiger partial charge is 0.129 e. The van der Waals surface area contributed by atoms with Gasteiger partial charge < -0.3 is 5.73 Å². The van der Waals surface area contributed by atoms with Crippen LogP contribution in [0.15, 0.2) is 24.4 Å². The minimum absolute atomic E-state index is 0.0722. The highest BCUT2D eigenvalue weighted by molar-refractivity contribution is 6.29. The Labute approximate surface area is 117 Å². The van der Waals surface area contributed by atoms with E-state index >= 15 is 0 Å². The van der Waals surface area contributed by atoms with Gasteiger partial charge in [0.25, 0.3) is 0 Å². The lowest BCUT2D eigenvalue weighted by molar-refractivity contribution is 0.700. The molecule has 2 aromatic rings. The molecule has 0 aromatic carbocycles. The average Bonchev–Trinajstić information content (AvgIpc) is 3.15. The van der Waals surface area contributed by atoms with Gasteiger partial charge in [0.2, 0.25) is 0 Å². The molecular weight excluding hydrogens is 260 g/mol. The second-order valence-corrected chi connectivity index (χ2v) is 5.44. The molecule has 0 saturated heterocycles. The number of halogens is 1. The van der Waals surface area contributed by atoms with E-state index in [1.54, 1.807) is 6.07 Å². The van der Waals surface area contributed by atoms with E-state index in [0.717, 1.165) is 5.69 Å². The van der Waals surface area contributed by atoms with Gasteiger partial charge in [0.05, 0.1) is 11.9 Å². The van der Waals surface area contributed by atoms with Crippen molar-refractivity contribution >= 4 is 11.6 Å². The van der Waals surface area contributed by atoms with Gasteiger partial charge in [-0.05, 0) is 25.0 Å². The number of hydrogen-bond acceptors (Lipinski definition) is 3. The van der Waals surface area contributed by atoms with E-state index in [1.807, 2.05) is 30.1 Å². The quantitative estimate of drug-likeness (QED) is 0.873. The molecule has 1 atom stereocenters. The van der Waals surface area contributed by atoms with E-state index in [4.69, 9.17) is 17.3 Å². The molecule has 0 aliphatic heterocycles. The average molecular weight is 277 g/mol. The van der Waals surface area contributed by atoms with Crippen molar-refractivity contribution in [3.8, 4) is 0 Å². The van der Waals surface area contributed by atoms with Crippen molar-refractivity contribution in [2.24, 2.45) is 12.8 Å². The van der Waals surface area contributed by atoms with Crippen LogP contribution in [-0.2, 0) is 7.05 Å². The molecule has 0 spiro atoms. The number of aryl methyl sites for hydroxylation is 1. The van der Waals surface area contributed by atoms with E-state index in [-0.39, 0.29) is 5.92 Å². The van der Waals surface area contributed by atoms with Gasteiger partial charge in [-0.15, -0.1) is 0 Å². The van der Waals surface area contributed by atoms with Crippen molar-refractivity contribution < 1.29 is 0 Å². The fourth-order valence-electron chi connectivity index (χ4n) is 2.61. The van der Waals surface area contributed by atoms with Crippen molar-refractivity contribution in [3.63, 3.8) is 0 Å². The van der Waals surface area contributed by atoms with Crippen LogP contribution in [0.25, 0.3) is 0 Å². The van der Waals surface area contributed by atoms with Crippen LogP contribution in [-0.4, -0.2) is 21.3 Å². The van der Waals surface area contributed by atoms with Crippen LogP contribution in [0, 0.1) is 0 Å². The van der Waals surface area contributed by atoms with Gasteiger partial charge in [-0.25, -0.2) is 4.98 Å². The van der Waals surface area contributed by atoms with Crippen molar-refractivity contribution in [1.29, 1.82) is 0 Å². The fourth-order valence-corrected chi connectivity index (χ4v) is 2.78. The van der Waals surface area contributed by atoms with Crippen LogP contribution in [0.1, 0.15) is 41.6 Å². The number of pyridine rings is 1. The number of aromatic nitrogens is 3. The molecule has 1 fully saturated rings. The van der Waals surface area contributed by atoms with Gasteiger partial charge in [0, 0.05) is 36.7 Å². The first-order chi connectivity index (χ1) is 9.20. The fraction of sp³-hybridized carbons (Fsp3) is 0.429. The predicted molar refractivity (Wildman–Crippen MR) is 75.3 cm³/mol. The Morgan fingerprint density at radius 1 is 1.47 bits per heavy atom. The molecule has 19 heavy (non-hydrogen) atoms.